The Bertz CT molecular complexity index is 444. The summed E-state index contributed by atoms with van der Waals surface area (Å²) in [5.74, 6) is -0.516. The molecule has 2 aliphatic rings. The smallest absolute Gasteiger partial charge is 0.326 e. The fourth-order valence-electron chi connectivity index (χ4n) is 3.30. The van der Waals surface area contributed by atoms with Crippen LogP contribution in [0.2, 0.25) is 0 Å². The fraction of sp³-hybridized carbons (Fsp3) is 0.867. The number of hydrogen-bond donors (Lipinski definition) is 1. The summed E-state index contributed by atoms with van der Waals surface area (Å²) < 4.78 is 39.6. The quantitative estimate of drug-likeness (QED) is 0.848. The summed E-state index contributed by atoms with van der Waals surface area (Å²) in [6.45, 7) is 2.47. The first-order valence-corrected chi connectivity index (χ1v) is 7.79. The number of nitrogens with one attached hydrogen (secondary N) is 1. The molecule has 2 amide bonds. The van der Waals surface area contributed by atoms with Crippen molar-refractivity contribution in [1.82, 2.24) is 10.2 Å². The van der Waals surface area contributed by atoms with Crippen LogP contribution in [0.3, 0.4) is 0 Å². The number of urea groups is 1. The van der Waals surface area contributed by atoms with E-state index in [1.54, 1.807) is 0 Å². The summed E-state index contributed by atoms with van der Waals surface area (Å²) in [4.78, 5) is 13.5. The Labute approximate surface area is 128 Å². The highest BCUT2D eigenvalue weighted by atomic mass is 19.4. The van der Waals surface area contributed by atoms with Crippen molar-refractivity contribution >= 4 is 6.03 Å². The van der Waals surface area contributed by atoms with Gasteiger partial charge in [-0.3, -0.25) is 0 Å². The van der Waals surface area contributed by atoms with E-state index in [2.05, 4.69) is 11.4 Å². The van der Waals surface area contributed by atoms with Crippen molar-refractivity contribution in [3.63, 3.8) is 0 Å². The van der Waals surface area contributed by atoms with E-state index in [1.807, 2.05) is 6.92 Å². The van der Waals surface area contributed by atoms with Gasteiger partial charge < -0.3 is 10.2 Å². The van der Waals surface area contributed by atoms with E-state index in [-0.39, 0.29) is 0 Å². The second-order valence-electron chi connectivity index (χ2n) is 6.67. The van der Waals surface area contributed by atoms with Crippen LogP contribution in [0, 0.1) is 22.7 Å². The van der Waals surface area contributed by atoms with Gasteiger partial charge in [-0.1, -0.05) is 12.8 Å². The molecule has 1 unspecified atom stereocenters. The van der Waals surface area contributed by atoms with E-state index in [4.69, 9.17) is 5.26 Å². The lowest BCUT2D eigenvalue weighted by Crippen LogP contribution is -2.55. The van der Waals surface area contributed by atoms with Gasteiger partial charge in [-0.15, -0.1) is 0 Å². The van der Waals surface area contributed by atoms with E-state index in [1.165, 1.54) is 4.90 Å². The molecule has 1 atom stereocenters. The highest BCUT2D eigenvalue weighted by Crippen LogP contribution is 2.36. The van der Waals surface area contributed by atoms with E-state index in [9.17, 15) is 18.0 Å². The maximum atomic E-state index is 13.2. The molecule has 0 spiro atoms. The summed E-state index contributed by atoms with van der Waals surface area (Å²) in [6, 6.07) is -0.205. The number of halogens is 3. The number of alkyl halides is 3. The highest BCUT2D eigenvalue weighted by molar-refractivity contribution is 5.74. The molecule has 1 aliphatic carbocycles. The van der Waals surface area contributed by atoms with Crippen LogP contribution >= 0.6 is 0 Å². The van der Waals surface area contributed by atoms with Crippen molar-refractivity contribution in [2.24, 2.45) is 11.3 Å². The number of carbonyl (C=O) groups is 1. The maximum absolute atomic E-state index is 13.2. The predicted molar refractivity (Wildman–Crippen MR) is 74.9 cm³/mol. The normalized spacial score (nSPS) is 23.9. The minimum absolute atomic E-state index is 0.325. The fourth-order valence-corrected chi connectivity index (χ4v) is 3.30. The predicted octanol–water partition coefficient (Wildman–Crippen LogP) is 3.44. The average Bonchev–Trinajstić information content (AvgIpc) is 2.97. The van der Waals surface area contributed by atoms with Crippen LogP contribution in [-0.2, 0) is 0 Å². The average molecular weight is 317 g/mol. The Hall–Kier alpha value is -1.45. The molecule has 1 saturated carbocycles. The van der Waals surface area contributed by atoms with Crippen LogP contribution in [0.4, 0.5) is 18.0 Å². The highest BCUT2D eigenvalue weighted by Gasteiger charge is 2.47. The van der Waals surface area contributed by atoms with Crippen LogP contribution in [-0.4, -0.2) is 36.2 Å². The van der Waals surface area contributed by atoms with Gasteiger partial charge in [-0.2, -0.15) is 18.4 Å². The molecule has 0 radical (unpaired) electrons. The number of rotatable bonds is 2. The van der Waals surface area contributed by atoms with Gasteiger partial charge in [0.1, 0.15) is 6.04 Å². The lowest BCUT2D eigenvalue weighted by atomic mass is 9.82. The van der Waals surface area contributed by atoms with Gasteiger partial charge in [-0.25, -0.2) is 4.79 Å². The zero-order chi connectivity index (χ0) is 16.4. The van der Waals surface area contributed by atoms with Gasteiger partial charge in [0.25, 0.3) is 0 Å². The SMILES string of the molecule is CC1(C#N)CCN(C(=O)NC(C2CCCC2)C(F)(F)F)CC1. The van der Waals surface area contributed by atoms with Crippen LogP contribution < -0.4 is 5.32 Å². The number of carbonyl (C=O) groups excluding carboxylic acids is 1. The molecule has 0 aromatic rings. The number of likely N-dealkylation sites (tertiary alicyclic amines) is 1. The summed E-state index contributed by atoms with van der Waals surface area (Å²) in [5, 5.41) is 11.2. The molecule has 1 saturated heterocycles. The number of amides is 2. The number of piperidine rings is 1. The Balaban J connectivity index is 1.96. The molecule has 0 aromatic carbocycles. The molecule has 7 heteroatoms. The second-order valence-corrected chi connectivity index (χ2v) is 6.67. The van der Waals surface area contributed by atoms with Crippen LogP contribution in [0.5, 0.6) is 0 Å². The number of hydrogen-bond acceptors (Lipinski definition) is 2. The summed E-state index contributed by atoms with van der Waals surface area (Å²) in [5.41, 5.74) is -0.480. The van der Waals surface area contributed by atoms with Crippen molar-refractivity contribution in [2.45, 2.75) is 57.7 Å². The first-order valence-electron chi connectivity index (χ1n) is 7.79. The van der Waals surface area contributed by atoms with Crippen molar-refractivity contribution in [2.75, 3.05) is 13.1 Å². The summed E-state index contributed by atoms with van der Waals surface area (Å²) in [6.07, 6.45) is -0.821. The lowest BCUT2D eigenvalue weighted by Gasteiger charge is -2.36. The molecule has 1 aliphatic heterocycles. The number of nitrogens with zero attached hydrogens (tertiary/aromatic N) is 2. The third kappa shape index (κ3) is 3.84. The third-order valence-electron chi connectivity index (χ3n) is 4.93. The van der Waals surface area contributed by atoms with Gasteiger partial charge in [0.2, 0.25) is 0 Å². The topological polar surface area (TPSA) is 56.1 Å². The van der Waals surface area contributed by atoms with Crippen molar-refractivity contribution in [3.05, 3.63) is 0 Å². The molecule has 124 valence electrons. The van der Waals surface area contributed by atoms with E-state index in [0.717, 1.165) is 12.8 Å². The molecule has 2 fully saturated rings. The molecule has 4 nitrogen and oxygen atoms in total. The molecule has 0 bridgehead atoms. The van der Waals surface area contributed by atoms with Crippen molar-refractivity contribution < 1.29 is 18.0 Å². The Morgan fingerprint density at radius 1 is 1.32 bits per heavy atom. The zero-order valence-electron chi connectivity index (χ0n) is 12.7. The lowest BCUT2D eigenvalue weighted by molar-refractivity contribution is -0.165. The molecular formula is C15H22F3N3O. The molecule has 22 heavy (non-hydrogen) atoms. The van der Waals surface area contributed by atoms with E-state index >= 15 is 0 Å². The molecule has 1 N–H and O–H groups in total. The molecular weight excluding hydrogens is 295 g/mol. The van der Waals surface area contributed by atoms with E-state index in [0.29, 0.717) is 38.8 Å². The first-order chi connectivity index (χ1) is 10.2. The van der Waals surface area contributed by atoms with E-state index < -0.39 is 29.6 Å². The first kappa shape index (κ1) is 16.9. The zero-order valence-corrected chi connectivity index (χ0v) is 12.7. The van der Waals surface area contributed by atoms with Crippen LogP contribution in [0.15, 0.2) is 0 Å². The van der Waals surface area contributed by atoms with Crippen molar-refractivity contribution in [3.8, 4) is 6.07 Å². The maximum Gasteiger partial charge on any atom is 0.408 e. The Kier molecular flexibility index (Phi) is 4.88. The third-order valence-corrected chi connectivity index (χ3v) is 4.93. The largest absolute Gasteiger partial charge is 0.408 e. The van der Waals surface area contributed by atoms with Crippen molar-refractivity contribution in [1.29, 1.82) is 5.26 Å². The molecule has 0 aromatic heterocycles. The van der Waals surface area contributed by atoms with Gasteiger partial charge >= 0.3 is 12.2 Å². The minimum atomic E-state index is -4.42. The van der Waals surface area contributed by atoms with Gasteiger partial charge in [0, 0.05) is 13.1 Å². The van der Waals surface area contributed by atoms with Crippen LogP contribution in [0.1, 0.15) is 45.4 Å². The molecule has 2 rings (SSSR count). The van der Waals surface area contributed by atoms with Gasteiger partial charge in [0.15, 0.2) is 0 Å². The minimum Gasteiger partial charge on any atom is -0.326 e. The van der Waals surface area contributed by atoms with Gasteiger partial charge in [-0.05, 0) is 38.5 Å². The number of nitriles is 1. The summed E-state index contributed by atoms with van der Waals surface area (Å²) in [7, 11) is 0. The Morgan fingerprint density at radius 2 is 1.86 bits per heavy atom. The summed E-state index contributed by atoms with van der Waals surface area (Å²) >= 11 is 0. The van der Waals surface area contributed by atoms with Gasteiger partial charge in [0.05, 0.1) is 11.5 Å². The monoisotopic (exact) mass is 317 g/mol. The Morgan fingerprint density at radius 3 is 2.32 bits per heavy atom. The van der Waals surface area contributed by atoms with Crippen LogP contribution in [0.25, 0.3) is 0 Å². The standard InChI is InChI=1S/C15H22F3N3O/c1-14(10-19)6-8-21(9-7-14)13(22)20-12(15(16,17)18)11-4-2-3-5-11/h11-12H,2-9H2,1H3,(H,20,22). The molecule has 1 heterocycles. The second kappa shape index (κ2) is 6.35.